The fourth-order valence-corrected chi connectivity index (χ4v) is 1.19. The molecule has 0 saturated heterocycles. The van der Waals surface area contributed by atoms with Gasteiger partial charge in [-0.1, -0.05) is 0 Å². The van der Waals surface area contributed by atoms with Gasteiger partial charge < -0.3 is 15.2 Å². The quantitative estimate of drug-likeness (QED) is 0.551. The first-order chi connectivity index (χ1) is 6.52. The van der Waals surface area contributed by atoms with Crippen LogP contribution in [0.25, 0.3) is 0 Å². The predicted octanol–water partition coefficient (Wildman–Crippen LogP) is 1.40. The molecule has 0 radical (unpaired) electrons. The number of carbonyl (C=O) groups is 1. The molecule has 0 fully saturated rings. The number of nitrogen functional groups attached to an aromatic ring is 1. The van der Waals surface area contributed by atoms with Crippen molar-refractivity contribution in [1.82, 2.24) is 0 Å². The lowest BCUT2D eigenvalue weighted by Crippen LogP contribution is -2.26. The zero-order chi connectivity index (χ0) is 10.3. The number of fused-ring (bicyclic) bond motifs is 1. The van der Waals surface area contributed by atoms with Crippen LogP contribution in [0.1, 0.15) is 10.4 Å². The monoisotopic (exact) mass is 201 g/mol. The maximum Gasteiger partial charge on any atom is 0.586 e. The number of aldehydes is 1. The highest BCUT2D eigenvalue weighted by molar-refractivity contribution is 5.83. The van der Waals surface area contributed by atoms with Gasteiger partial charge in [-0.3, -0.25) is 4.79 Å². The number of anilines is 1. The lowest BCUT2D eigenvalue weighted by Gasteiger charge is -2.04. The van der Waals surface area contributed by atoms with E-state index in [0.29, 0.717) is 6.29 Å². The van der Waals surface area contributed by atoms with Crippen molar-refractivity contribution in [1.29, 1.82) is 0 Å². The summed E-state index contributed by atoms with van der Waals surface area (Å²) in [6.07, 6.45) is -3.35. The third-order valence-electron chi connectivity index (χ3n) is 1.68. The number of hydrogen-bond donors (Lipinski definition) is 1. The van der Waals surface area contributed by atoms with E-state index >= 15 is 0 Å². The number of nitrogens with two attached hydrogens (primary N) is 1. The number of halogens is 2. The van der Waals surface area contributed by atoms with Crippen LogP contribution in [-0.4, -0.2) is 12.6 Å². The van der Waals surface area contributed by atoms with Crippen LogP contribution in [0.5, 0.6) is 11.5 Å². The van der Waals surface area contributed by atoms with Crippen molar-refractivity contribution in [2.45, 2.75) is 6.29 Å². The highest BCUT2D eigenvalue weighted by Crippen LogP contribution is 2.43. The smallest absolute Gasteiger partial charge is 0.399 e. The lowest BCUT2D eigenvalue weighted by molar-refractivity contribution is -0.286. The van der Waals surface area contributed by atoms with Gasteiger partial charge in [-0.05, 0) is 6.07 Å². The fraction of sp³-hybridized carbons (Fsp3) is 0.125. The molecule has 2 rings (SSSR count). The molecule has 0 atom stereocenters. The number of rotatable bonds is 1. The van der Waals surface area contributed by atoms with E-state index in [0.717, 1.165) is 0 Å². The number of alkyl halides is 2. The number of ether oxygens (including phenoxy) is 2. The van der Waals surface area contributed by atoms with Crippen LogP contribution in [0.2, 0.25) is 0 Å². The highest BCUT2D eigenvalue weighted by atomic mass is 19.3. The van der Waals surface area contributed by atoms with E-state index in [1.54, 1.807) is 0 Å². The minimum absolute atomic E-state index is 0.0582. The van der Waals surface area contributed by atoms with E-state index in [2.05, 4.69) is 9.47 Å². The first-order valence-corrected chi connectivity index (χ1v) is 3.66. The van der Waals surface area contributed by atoms with Gasteiger partial charge in [0.1, 0.15) is 0 Å². The number of carbonyl (C=O) groups excluding carboxylic acids is 1. The third kappa shape index (κ3) is 1.24. The largest absolute Gasteiger partial charge is 0.586 e. The van der Waals surface area contributed by atoms with Crippen molar-refractivity contribution in [3.63, 3.8) is 0 Å². The normalized spacial score (nSPS) is 16.7. The summed E-state index contributed by atoms with van der Waals surface area (Å²) in [4.78, 5) is 10.5. The standard InChI is InChI=1S/C8H5F2NO3/c9-8(10)13-6-2-5(11)1-4(3-12)7(6)14-8/h1-3H,11H2. The highest BCUT2D eigenvalue weighted by Gasteiger charge is 2.44. The molecule has 0 saturated carbocycles. The molecular formula is C8H5F2NO3. The molecule has 0 spiro atoms. The Labute approximate surface area is 77.2 Å². The molecule has 0 aliphatic carbocycles. The summed E-state index contributed by atoms with van der Waals surface area (Å²) >= 11 is 0. The number of benzene rings is 1. The first kappa shape index (κ1) is 8.74. The minimum Gasteiger partial charge on any atom is -0.399 e. The van der Waals surface area contributed by atoms with Crippen LogP contribution < -0.4 is 15.2 Å². The Balaban J connectivity index is 2.56. The second-order valence-electron chi connectivity index (χ2n) is 2.72. The van der Waals surface area contributed by atoms with Crippen LogP contribution in [-0.2, 0) is 0 Å². The van der Waals surface area contributed by atoms with E-state index in [1.165, 1.54) is 12.1 Å². The maximum absolute atomic E-state index is 12.6. The summed E-state index contributed by atoms with van der Waals surface area (Å²) in [7, 11) is 0. The number of hydrogen-bond acceptors (Lipinski definition) is 4. The second-order valence-corrected chi connectivity index (χ2v) is 2.72. The van der Waals surface area contributed by atoms with Crippen LogP contribution in [0.3, 0.4) is 0 Å². The van der Waals surface area contributed by atoms with Gasteiger partial charge in [0.25, 0.3) is 0 Å². The molecule has 1 aromatic rings. The van der Waals surface area contributed by atoms with Gasteiger partial charge in [0.15, 0.2) is 17.8 Å². The average molecular weight is 201 g/mol. The van der Waals surface area contributed by atoms with E-state index in [9.17, 15) is 13.6 Å². The molecule has 0 amide bonds. The molecule has 0 aromatic heterocycles. The van der Waals surface area contributed by atoms with Gasteiger partial charge in [-0.15, -0.1) is 8.78 Å². The minimum atomic E-state index is -3.73. The molecule has 6 heteroatoms. The zero-order valence-electron chi connectivity index (χ0n) is 6.79. The van der Waals surface area contributed by atoms with Crippen molar-refractivity contribution in [2.75, 3.05) is 5.73 Å². The Hall–Kier alpha value is -1.85. The van der Waals surface area contributed by atoms with Crippen molar-refractivity contribution in [2.24, 2.45) is 0 Å². The third-order valence-corrected chi connectivity index (χ3v) is 1.68. The summed E-state index contributed by atoms with van der Waals surface area (Å²) in [5, 5.41) is 0. The van der Waals surface area contributed by atoms with E-state index in [4.69, 9.17) is 5.73 Å². The van der Waals surface area contributed by atoms with Crippen LogP contribution in [0.15, 0.2) is 12.1 Å². The van der Waals surface area contributed by atoms with Crippen molar-refractivity contribution in [3.05, 3.63) is 17.7 Å². The molecule has 1 aliphatic rings. The zero-order valence-corrected chi connectivity index (χ0v) is 6.79. The Kier molecular flexibility index (Phi) is 1.60. The van der Waals surface area contributed by atoms with Crippen molar-refractivity contribution < 1.29 is 23.0 Å². The Morgan fingerprint density at radius 2 is 2.07 bits per heavy atom. The molecule has 0 bridgehead atoms. The summed E-state index contributed by atoms with van der Waals surface area (Å²) < 4.78 is 33.4. The summed E-state index contributed by atoms with van der Waals surface area (Å²) in [6.45, 7) is 0. The maximum atomic E-state index is 12.6. The predicted molar refractivity (Wildman–Crippen MR) is 42.4 cm³/mol. The summed E-state index contributed by atoms with van der Waals surface area (Å²) in [5.41, 5.74) is 5.46. The van der Waals surface area contributed by atoms with Gasteiger partial charge >= 0.3 is 6.29 Å². The molecule has 0 unspecified atom stereocenters. The summed E-state index contributed by atoms with van der Waals surface area (Å²) in [6, 6.07) is 2.40. The van der Waals surface area contributed by atoms with Crippen LogP contribution in [0, 0.1) is 0 Å². The molecule has 1 heterocycles. The average Bonchev–Trinajstić information content (AvgIpc) is 2.37. The fourth-order valence-electron chi connectivity index (χ4n) is 1.19. The molecular weight excluding hydrogens is 196 g/mol. The van der Waals surface area contributed by atoms with Crippen LogP contribution in [0.4, 0.5) is 14.5 Å². The van der Waals surface area contributed by atoms with Gasteiger partial charge in [0.2, 0.25) is 0 Å². The summed E-state index contributed by atoms with van der Waals surface area (Å²) in [5.74, 6) is -0.503. The molecule has 14 heavy (non-hydrogen) atoms. The Morgan fingerprint density at radius 1 is 1.36 bits per heavy atom. The SMILES string of the molecule is Nc1cc(C=O)c2c(c1)OC(F)(F)O2. The van der Waals surface area contributed by atoms with E-state index in [1.807, 2.05) is 0 Å². The van der Waals surface area contributed by atoms with Gasteiger partial charge in [0, 0.05) is 11.8 Å². The topological polar surface area (TPSA) is 61.6 Å². The van der Waals surface area contributed by atoms with Crippen molar-refractivity contribution in [3.8, 4) is 11.5 Å². The molecule has 74 valence electrons. The molecule has 2 N–H and O–H groups in total. The molecule has 1 aromatic carbocycles. The Morgan fingerprint density at radius 3 is 2.71 bits per heavy atom. The first-order valence-electron chi connectivity index (χ1n) is 3.66. The molecule has 4 nitrogen and oxygen atoms in total. The lowest BCUT2D eigenvalue weighted by atomic mass is 10.2. The Bertz CT molecular complexity index is 406. The van der Waals surface area contributed by atoms with Gasteiger partial charge in [-0.2, -0.15) is 0 Å². The van der Waals surface area contributed by atoms with Gasteiger partial charge in [0.05, 0.1) is 5.56 Å². The van der Waals surface area contributed by atoms with E-state index < -0.39 is 6.29 Å². The molecule has 1 aliphatic heterocycles. The van der Waals surface area contributed by atoms with Gasteiger partial charge in [-0.25, -0.2) is 0 Å². The second kappa shape index (κ2) is 2.57. The van der Waals surface area contributed by atoms with Crippen LogP contribution >= 0.6 is 0 Å². The van der Waals surface area contributed by atoms with Crippen molar-refractivity contribution >= 4 is 12.0 Å². The van der Waals surface area contributed by atoms with E-state index in [-0.39, 0.29) is 22.7 Å².